The summed E-state index contributed by atoms with van der Waals surface area (Å²) in [5, 5.41) is 51.5. The summed E-state index contributed by atoms with van der Waals surface area (Å²) >= 11 is 0. The summed E-state index contributed by atoms with van der Waals surface area (Å²) in [4.78, 5) is 89.5. The fraction of sp³-hybridized carbons (Fsp3) is 0.522. The Bertz CT molecular complexity index is 4740. The Labute approximate surface area is 660 Å². The predicted molar refractivity (Wildman–Crippen MR) is 440 cm³/mol. The van der Waals surface area contributed by atoms with Crippen molar-refractivity contribution in [3.63, 3.8) is 0 Å². The zero-order valence-electron chi connectivity index (χ0n) is 66.4. The van der Waals surface area contributed by atoms with Crippen LogP contribution in [-0.4, -0.2) is 83.9 Å². The number of rotatable bonds is 14. The zero-order valence-corrected chi connectivity index (χ0v) is 66.4. The third kappa shape index (κ3) is 19.0. The summed E-state index contributed by atoms with van der Waals surface area (Å²) in [5.41, 5.74) is 20.0. The van der Waals surface area contributed by atoms with Crippen LogP contribution in [0.2, 0.25) is 0 Å². The quantitative estimate of drug-likeness (QED) is 0.0502. The van der Waals surface area contributed by atoms with Gasteiger partial charge >= 0.3 is 0 Å². The number of hydrogen-bond acceptors (Lipinski definition) is 16. The lowest BCUT2D eigenvalue weighted by molar-refractivity contribution is -0.119. The number of nitrogens with zero attached hydrogens (tertiary/aromatic N) is 8. The molecule has 4 aromatic heterocycles. The van der Waals surface area contributed by atoms with Crippen LogP contribution in [0.3, 0.4) is 0 Å². The lowest BCUT2D eigenvalue weighted by Gasteiger charge is -2.27. The molecular weight excluding hydrogens is 1400 g/mol. The van der Waals surface area contributed by atoms with E-state index >= 15 is 0 Å². The highest BCUT2D eigenvalue weighted by Crippen LogP contribution is 2.46. The minimum atomic E-state index is -0.104. The summed E-state index contributed by atoms with van der Waals surface area (Å²) in [7, 11) is 0. The number of anilines is 4. The molecule has 17 rings (SSSR count). The molecule has 4 amide bonds. The standard InChI is InChI=1S/C26H33N3O2.2C23H29N3O2.C20H23N3O2/c30-20-12-13-21-19(16-20)11-14-22-25(21)29-24(18-9-5-2-6-10-18)26(27-22)28-23(31)15-17-7-3-1-4-8-17;1-14(2)12-20(28)25-23-21(15-6-4-3-5-7-15)26-22-18-10-9-17(27)13-16(18)8-11-19(22)24-23;1-3-14(2)23(28)26-22-20(15-7-5-4-6-8-15)25-21-18-11-10-17(27)13-16(18)9-12-19(21)24-22;1-12(24)21-20-18(13-5-3-2-4-6-13)23-19-16-9-8-15(25)11-14(16)7-10-17(19)22-20/h12-13,16-18,30H,1-11,14-15H2,(H,27,28,31);9-10,13-15,27H,3-8,11-12H2,1-2H3,(H,24,25,28);10-11,13-15,27H,3-9,12H2,1-2H3,(H,24,26,28);8-9,11,13,25H,2-7,10H2,1H3,(H,21,22,24). The highest BCUT2D eigenvalue weighted by Gasteiger charge is 2.34. The second-order valence-electron chi connectivity index (χ2n) is 33.6. The lowest BCUT2D eigenvalue weighted by Crippen LogP contribution is -2.24. The molecule has 20 heteroatoms. The summed E-state index contributed by atoms with van der Waals surface area (Å²) < 4.78 is 0. The maximum Gasteiger partial charge on any atom is 0.228 e. The van der Waals surface area contributed by atoms with Crippen molar-refractivity contribution < 1.29 is 39.6 Å². The van der Waals surface area contributed by atoms with E-state index < -0.39 is 0 Å². The first-order valence-corrected chi connectivity index (χ1v) is 42.5. The normalized spacial score (nSPS) is 17.7. The van der Waals surface area contributed by atoms with Crippen LogP contribution >= 0.6 is 0 Å². The van der Waals surface area contributed by atoms with Gasteiger partial charge in [-0.05, 0) is 229 Å². The van der Waals surface area contributed by atoms with Crippen LogP contribution in [0.5, 0.6) is 23.0 Å². The van der Waals surface area contributed by atoms with E-state index in [1.807, 2.05) is 76.2 Å². The molecule has 20 nitrogen and oxygen atoms in total. The number of nitrogens with one attached hydrogen (secondary N) is 4. The fourth-order valence-electron chi connectivity index (χ4n) is 18.6. The maximum absolute atomic E-state index is 12.9. The molecule has 112 heavy (non-hydrogen) atoms. The Balaban J connectivity index is 0.000000124. The molecule has 0 spiro atoms. The Hall–Kier alpha value is -9.72. The number of fused-ring (bicyclic) bond motifs is 12. The SMILES string of the molecule is CC(=O)Nc1nc2c(nc1C1CCCCC1)-c1ccc(O)cc1CC2.CC(C)CC(=O)Nc1nc2c(nc1C1CCCCC1)-c1ccc(O)cc1CC2.CCC(C)C(=O)Nc1nc2c(nc1C1CCCCC1)-c1ccc(O)cc1CC2.O=C(CC1CCCCC1)Nc1nc2c(nc1C1CCCCC1)-c1ccc(O)cc1CC2. The molecule has 9 aliphatic rings. The Morgan fingerprint density at radius 3 is 0.946 bits per heavy atom. The van der Waals surface area contributed by atoms with Crippen molar-refractivity contribution in [2.45, 2.75) is 289 Å². The second-order valence-corrected chi connectivity index (χ2v) is 33.6. The number of phenols is 4. The Morgan fingerprint density at radius 2 is 0.652 bits per heavy atom. The molecule has 0 saturated heterocycles. The minimum absolute atomic E-state index is 0.0161. The number of carbonyl (C=O) groups is 4. The van der Waals surface area contributed by atoms with Crippen LogP contribution in [0.4, 0.5) is 23.3 Å². The number of hydrogen-bond donors (Lipinski definition) is 8. The number of aromatic nitrogens is 8. The molecule has 1 atom stereocenters. The molecule has 4 aromatic carbocycles. The maximum atomic E-state index is 12.9. The first-order chi connectivity index (χ1) is 54.4. The van der Waals surface area contributed by atoms with E-state index in [0.717, 1.165) is 222 Å². The van der Waals surface area contributed by atoms with Crippen LogP contribution in [0.1, 0.15) is 306 Å². The van der Waals surface area contributed by atoms with Crippen molar-refractivity contribution in [1.29, 1.82) is 0 Å². The first kappa shape index (κ1) is 78.9. The summed E-state index contributed by atoms with van der Waals surface area (Å²) in [6, 6.07) is 22.0. The van der Waals surface area contributed by atoms with Gasteiger partial charge < -0.3 is 41.7 Å². The molecule has 5 saturated carbocycles. The van der Waals surface area contributed by atoms with Crippen molar-refractivity contribution in [1.82, 2.24) is 39.9 Å². The van der Waals surface area contributed by atoms with Gasteiger partial charge in [0.25, 0.3) is 0 Å². The van der Waals surface area contributed by atoms with Crippen molar-refractivity contribution >= 4 is 46.9 Å². The van der Waals surface area contributed by atoms with Crippen LogP contribution in [0.15, 0.2) is 72.8 Å². The van der Waals surface area contributed by atoms with Gasteiger partial charge in [0.2, 0.25) is 23.6 Å². The van der Waals surface area contributed by atoms with Crippen LogP contribution in [-0.2, 0) is 70.5 Å². The number of benzene rings is 4. The van der Waals surface area contributed by atoms with Crippen molar-refractivity contribution in [2.75, 3.05) is 21.3 Å². The van der Waals surface area contributed by atoms with Crippen LogP contribution in [0.25, 0.3) is 45.0 Å². The van der Waals surface area contributed by atoms with E-state index in [4.69, 9.17) is 39.9 Å². The van der Waals surface area contributed by atoms with E-state index in [1.54, 1.807) is 24.3 Å². The smallest absolute Gasteiger partial charge is 0.228 e. The molecule has 4 heterocycles. The molecule has 0 bridgehead atoms. The largest absolute Gasteiger partial charge is 0.508 e. The van der Waals surface area contributed by atoms with Gasteiger partial charge in [-0.3, -0.25) is 19.2 Å². The molecule has 590 valence electrons. The minimum Gasteiger partial charge on any atom is -0.508 e. The molecule has 0 radical (unpaired) electrons. The van der Waals surface area contributed by atoms with Crippen molar-refractivity contribution in [3.05, 3.63) is 141 Å². The van der Waals surface area contributed by atoms with Gasteiger partial charge in [-0.15, -0.1) is 0 Å². The molecule has 0 aliphatic heterocycles. The third-order valence-electron chi connectivity index (χ3n) is 24.8. The average Bonchev–Trinajstić information content (AvgIpc) is 0.783. The number of phenolic OH excluding ortho intramolecular Hbond substituents is 4. The van der Waals surface area contributed by atoms with E-state index in [9.17, 15) is 39.6 Å². The monoisotopic (exact) mass is 1510 g/mol. The molecule has 8 N–H and O–H groups in total. The molecule has 8 aromatic rings. The second kappa shape index (κ2) is 36.4. The van der Waals surface area contributed by atoms with Gasteiger partial charge in [-0.2, -0.15) is 0 Å². The topological polar surface area (TPSA) is 300 Å². The summed E-state index contributed by atoms with van der Waals surface area (Å²) in [5.74, 6) is 6.07. The average molecular weight is 1520 g/mol. The van der Waals surface area contributed by atoms with Gasteiger partial charge in [0.1, 0.15) is 23.0 Å². The Kier molecular flexibility index (Phi) is 25.7. The first-order valence-electron chi connectivity index (χ1n) is 42.5. The van der Waals surface area contributed by atoms with Gasteiger partial charge in [0.05, 0.1) is 68.3 Å². The van der Waals surface area contributed by atoms with Crippen LogP contribution in [0, 0.1) is 17.8 Å². The number of amides is 4. The number of aryl methyl sites for hydroxylation is 8. The summed E-state index contributed by atoms with van der Waals surface area (Å²) in [6.45, 7) is 9.59. The molecule has 9 aliphatic carbocycles. The zero-order chi connectivity index (χ0) is 77.9. The molecule has 5 fully saturated rings. The lowest BCUT2D eigenvalue weighted by atomic mass is 9.85. The van der Waals surface area contributed by atoms with Gasteiger partial charge in [0.15, 0.2) is 23.3 Å². The van der Waals surface area contributed by atoms with E-state index in [2.05, 4.69) is 21.3 Å². The highest BCUT2D eigenvalue weighted by atomic mass is 16.3. The van der Waals surface area contributed by atoms with Crippen LogP contribution < -0.4 is 21.3 Å². The molecular formula is C92H114N12O8. The molecule has 1 unspecified atom stereocenters. The fourth-order valence-corrected chi connectivity index (χ4v) is 18.6. The van der Waals surface area contributed by atoms with E-state index in [1.165, 1.54) is 116 Å². The van der Waals surface area contributed by atoms with Crippen molar-refractivity contribution in [3.8, 4) is 68.0 Å². The van der Waals surface area contributed by atoms with E-state index in [-0.39, 0.29) is 35.3 Å². The number of carbonyl (C=O) groups excluding carboxylic acids is 4. The van der Waals surface area contributed by atoms with Crippen molar-refractivity contribution in [2.24, 2.45) is 17.8 Å². The predicted octanol–water partition coefficient (Wildman–Crippen LogP) is 19.8. The Morgan fingerprint density at radius 1 is 0.366 bits per heavy atom. The third-order valence-corrected chi connectivity index (χ3v) is 24.8. The van der Waals surface area contributed by atoms with Gasteiger partial charge in [-0.1, -0.05) is 124 Å². The summed E-state index contributed by atoms with van der Waals surface area (Å²) in [6.07, 6.45) is 38.0. The highest BCUT2D eigenvalue weighted by molar-refractivity contribution is 5.93. The number of aromatic hydroxyl groups is 4. The van der Waals surface area contributed by atoms with Gasteiger partial charge in [-0.25, -0.2) is 39.9 Å². The van der Waals surface area contributed by atoms with E-state index in [0.29, 0.717) is 88.9 Å². The van der Waals surface area contributed by atoms with Gasteiger partial charge in [0, 0.05) is 71.6 Å².